The molecule has 0 bridgehead atoms. The third kappa shape index (κ3) is 8.79. The van der Waals surface area contributed by atoms with Crippen molar-refractivity contribution in [3.8, 4) is 0 Å². The fourth-order valence-electron chi connectivity index (χ4n) is 2.90. The van der Waals surface area contributed by atoms with Crippen molar-refractivity contribution >= 4 is 24.8 Å². The fraction of sp³-hybridized carbons (Fsp3) is 1.00. The minimum atomic E-state index is -4.21. The van der Waals surface area contributed by atoms with E-state index in [0.29, 0.717) is 25.9 Å². The zero-order valence-electron chi connectivity index (χ0n) is 14.4. The van der Waals surface area contributed by atoms with Gasteiger partial charge < -0.3 is 10.2 Å². The van der Waals surface area contributed by atoms with Gasteiger partial charge >= 0.3 is 12.4 Å². The molecule has 12 heteroatoms. The highest BCUT2D eigenvalue weighted by Gasteiger charge is 2.45. The van der Waals surface area contributed by atoms with Crippen LogP contribution in [0.25, 0.3) is 0 Å². The van der Waals surface area contributed by atoms with Crippen LogP contribution in [0.2, 0.25) is 0 Å². The lowest BCUT2D eigenvalue weighted by Gasteiger charge is -2.36. The number of alkyl halides is 6. The van der Waals surface area contributed by atoms with Gasteiger partial charge in [0.15, 0.2) is 0 Å². The van der Waals surface area contributed by atoms with Gasteiger partial charge in [-0.2, -0.15) is 26.3 Å². The predicted molar refractivity (Wildman–Crippen MR) is 89.9 cm³/mol. The molecule has 0 radical (unpaired) electrons. The zero-order chi connectivity index (χ0) is 18.7. The summed E-state index contributed by atoms with van der Waals surface area (Å²) in [5.41, 5.74) is 0. The Morgan fingerprint density at radius 2 is 0.962 bits per heavy atom. The summed E-state index contributed by atoms with van der Waals surface area (Å²) in [6, 6.07) is -2.94. The molecular formula is C14H26Cl2F6N2O2. The van der Waals surface area contributed by atoms with Crippen LogP contribution in [0.1, 0.15) is 25.7 Å². The van der Waals surface area contributed by atoms with Gasteiger partial charge in [-0.15, -0.1) is 24.8 Å². The van der Waals surface area contributed by atoms with Gasteiger partial charge in [0.1, 0.15) is 12.1 Å². The molecule has 0 aliphatic carbocycles. The van der Waals surface area contributed by atoms with E-state index < -0.39 is 36.6 Å². The summed E-state index contributed by atoms with van der Waals surface area (Å²) in [6.45, 7) is 0.622. The number of piperidine rings is 2. The first kappa shape index (κ1) is 28.2. The van der Waals surface area contributed by atoms with E-state index in [-0.39, 0.29) is 37.7 Å². The number of nitrogens with zero attached hydrogens (tertiary/aromatic N) is 2. The summed E-state index contributed by atoms with van der Waals surface area (Å²) in [5.74, 6) is 0. The largest absolute Gasteiger partial charge is 0.404 e. The topological polar surface area (TPSA) is 46.9 Å². The monoisotopic (exact) mass is 438 g/mol. The molecule has 0 spiro atoms. The molecule has 0 amide bonds. The van der Waals surface area contributed by atoms with Crippen LogP contribution in [0, 0.1) is 0 Å². The molecule has 160 valence electrons. The maximum Gasteiger partial charge on any atom is 0.404 e. The second kappa shape index (κ2) is 11.1. The molecule has 0 aromatic carbocycles. The Labute approximate surface area is 161 Å². The van der Waals surface area contributed by atoms with Crippen LogP contribution in [0.4, 0.5) is 26.3 Å². The number of aliphatic hydroxyl groups excluding tert-OH is 2. The first-order chi connectivity index (χ1) is 10.8. The summed E-state index contributed by atoms with van der Waals surface area (Å²) >= 11 is 0. The van der Waals surface area contributed by atoms with E-state index in [1.165, 1.54) is 23.9 Å². The minimum absolute atomic E-state index is 0. The zero-order valence-corrected chi connectivity index (χ0v) is 16.1. The number of rotatable bonds is 0. The van der Waals surface area contributed by atoms with E-state index in [0.717, 1.165) is 0 Å². The van der Waals surface area contributed by atoms with Crippen molar-refractivity contribution < 1.29 is 36.6 Å². The Balaban J connectivity index is 0. The highest BCUT2D eigenvalue weighted by molar-refractivity contribution is 5.85. The standard InChI is InChI=1S/2C7H12F3NO.2ClH/c2*1-11-3-2-5(12)4-6(11)7(8,9)10;;/h2*5-6,12H,2-4H2,1H3;2*1H/t2*5-,6+;;/m10../s1. The molecule has 2 aliphatic rings. The van der Waals surface area contributed by atoms with E-state index in [1.54, 1.807) is 0 Å². The summed E-state index contributed by atoms with van der Waals surface area (Å²) in [4.78, 5) is 2.49. The van der Waals surface area contributed by atoms with Crippen molar-refractivity contribution in [1.29, 1.82) is 0 Å². The molecule has 4 atom stereocenters. The van der Waals surface area contributed by atoms with Crippen LogP contribution in [0.3, 0.4) is 0 Å². The average Bonchev–Trinajstić information content (AvgIpc) is 2.42. The molecule has 2 aliphatic heterocycles. The van der Waals surface area contributed by atoms with Crippen LogP contribution < -0.4 is 0 Å². The molecule has 2 fully saturated rings. The van der Waals surface area contributed by atoms with Crippen LogP contribution >= 0.6 is 24.8 Å². The van der Waals surface area contributed by atoms with Gasteiger partial charge in [-0.1, -0.05) is 0 Å². The maximum atomic E-state index is 12.2. The van der Waals surface area contributed by atoms with Crippen molar-refractivity contribution in [3.05, 3.63) is 0 Å². The SMILES string of the molecule is CN1CC[C@@H](O)C[C@H]1C(F)(F)F.CN1CC[C@H](O)C[C@@H]1C(F)(F)F.Cl.Cl. The number of halogens is 8. The molecule has 0 aromatic rings. The van der Waals surface area contributed by atoms with E-state index in [2.05, 4.69) is 0 Å². The third-order valence-corrected chi connectivity index (χ3v) is 4.44. The van der Waals surface area contributed by atoms with Gasteiger partial charge in [0, 0.05) is 13.1 Å². The summed E-state index contributed by atoms with van der Waals surface area (Å²) in [5, 5.41) is 18.1. The lowest BCUT2D eigenvalue weighted by molar-refractivity contribution is -0.196. The molecule has 0 saturated carbocycles. The fourth-order valence-corrected chi connectivity index (χ4v) is 2.90. The molecule has 2 heterocycles. The van der Waals surface area contributed by atoms with Crippen LogP contribution in [-0.2, 0) is 0 Å². The van der Waals surface area contributed by atoms with E-state index in [9.17, 15) is 26.3 Å². The van der Waals surface area contributed by atoms with Crippen molar-refractivity contribution in [1.82, 2.24) is 9.80 Å². The molecule has 4 nitrogen and oxygen atoms in total. The Morgan fingerprint density at radius 1 is 0.692 bits per heavy atom. The molecule has 2 saturated heterocycles. The highest BCUT2D eigenvalue weighted by atomic mass is 35.5. The second-order valence-corrected chi connectivity index (χ2v) is 6.43. The predicted octanol–water partition coefficient (Wildman–Crippen LogP) is 2.85. The molecule has 0 aromatic heterocycles. The molecule has 2 rings (SSSR count). The van der Waals surface area contributed by atoms with Gasteiger partial charge in [-0.3, -0.25) is 9.80 Å². The quantitative estimate of drug-likeness (QED) is 0.571. The summed E-state index contributed by atoms with van der Waals surface area (Å²) < 4.78 is 73.3. The van der Waals surface area contributed by atoms with Crippen LogP contribution in [0.15, 0.2) is 0 Å². The molecule has 2 N–H and O–H groups in total. The first-order valence-electron chi connectivity index (χ1n) is 7.72. The van der Waals surface area contributed by atoms with Crippen LogP contribution in [0.5, 0.6) is 0 Å². The van der Waals surface area contributed by atoms with Gasteiger partial charge in [0.2, 0.25) is 0 Å². The average molecular weight is 439 g/mol. The Bertz CT molecular complexity index is 365. The van der Waals surface area contributed by atoms with E-state index in [1.807, 2.05) is 0 Å². The minimum Gasteiger partial charge on any atom is -0.393 e. The number of hydrogen-bond acceptors (Lipinski definition) is 4. The molecule has 0 unspecified atom stereocenters. The smallest absolute Gasteiger partial charge is 0.393 e. The Kier molecular flexibility index (Phi) is 12.1. The van der Waals surface area contributed by atoms with Gasteiger partial charge in [-0.05, 0) is 39.8 Å². The number of likely N-dealkylation sites (tertiary alicyclic amines) is 2. The van der Waals surface area contributed by atoms with Gasteiger partial charge in [-0.25, -0.2) is 0 Å². The van der Waals surface area contributed by atoms with Crippen molar-refractivity contribution in [3.63, 3.8) is 0 Å². The lowest BCUT2D eigenvalue weighted by Crippen LogP contribution is -2.50. The number of aliphatic hydroxyl groups is 2. The summed E-state index contributed by atoms with van der Waals surface area (Å²) in [7, 11) is 2.87. The normalized spacial score (nSPS) is 31.2. The van der Waals surface area contributed by atoms with E-state index >= 15 is 0 Å². The van der Waals surface area contributed by atoms with Crippen molar-refractivity contribution in [2.75, 3.05) is 27.2 Å². The third-order valence-electron chi connectivity index (χ3n) is 4.44. The Hall–Kier alpha value is -0.000000000000000111. The maximum absolute atomic E-state index is 12.2. The van der Waals surface area contributed by atoms with Crippen molar-refractivity contribution in [2.45, 2.75) is 62.3 Å². The molecular weight excluding hydrogens is 413 g/mol. The second-order valence-electron chi connectivity index (χ2n) is 6.43. The molecule has 26 heavy (non-hydrogen) atoms. The van der Waals surface area contributed by atoms with Crippen LogP contribution in [-0.4, -0.2) is 83.8 Å². The van der Waals surface area contributed by atoms with E-state index in [4.69, 9.17) is 10.2 Å². The lowest BCUT2D eigenvalue weighted by atomic mass is 10.00. The highest BCUT2D eigenvalue weighted by Crippen LogP contribution is 2.31. The number of hydrogen-bond donors (Lipinski definition) is 2. The first-order valence-corrected chi connectivity index (χ1v) is 7.72. The summed E-state index contributed by atoms with van der Waals surface area (Å²) in [6.07, 6.45) is -9.54. The van der Waals surface area contributed by atoms with Gasteiger partial charge in [0.05, 0.1) is 12.2 Å². The Morgan fingerprint density at radius 3 is 1.15 bits per heavy atom. The van der Waals surface area contributed by atoms with Gasteiger partial charge in [0.25, 0.3) is 0 Å². The van der Waals surface area contributed by atoms with Crippen molar-refractivity contribution in [2.24, 2.45) is 0 Å².